The average molecular weight is 130 g/mol. The summed E-state index contributed by atoms with van der Waals surface area (Å²) in [6, 6.07) is 0. The molecule has 0 saturated heterocycles. The summed E-state index contributed by atoms with van der Waals surface area (Å²) in [6.07, 6.45) is 3.30. The summed E-state index contributed by atoms with van der Waals surface area (Å²) in [5.41, 5.74) is 0. The number of rotatable bonds is 3. The van der Waals surface area contributed by atoms with Crippen LogP contribution in [0.3, 0.4) is 0 Å². The van der Waals surface area contributed by atoms with Crippen molar-refractivity contribution in [2.24, 2.45) is 11.8 Å². The molecule has 0 amide bonds. The fraction of sp³-hybridized carbons (Fsp3) is 0.750. The van der Waals surface area contributed by atoms with Crippen LogP contribution in [0.1, 0.15) is 27.2 Å². The molecule has 0 rings (SSSR count). The van der Waals surface area contributed by atoms with Gasteiger partial charge in [0.2, 0.25) is 0 Å². The van der Waals surface area contributed by atoms with Gasteiger partial charge in [-0.15, -0.1) is 0 Å². The zero-order valence-corrected chi connectivity index (χ0v) is 6.39. The van der Waals surface area contributed by atoms with Gasteiger partial charge < -0.3 is 0 Å². The summed E-state index contributed by atoms with van der Waals surface area (Å²) < 4.78 is 11.5. The third-order valence-electron chi connectivity index (χ3n) is 1.24. The van der Waals surface area contributed by atoms with E-state index >= 15 is 0 Å². The maximum Gasteiger partial charge on any atom is 0.0829 e. The quantitative estimate of drug-likeness (QED) is 0.550. The Bertz CT molecular complexity index is 84.6. The third kappa shape index (κ3) is 5.54. The van der Waals surface area contributed by atoms with Gasteiger partial charge in [-0.05, 0) is 18.3 Å². The molecule has 0 aliphatic heterocycles. The molecule has 0 N–H and O–H groups in total. The lowest BCUT2D eigenvalue weighted by atomic mass is 9.99. The van der Waals surface area contributed by atoms with E-state index in [-0.39, 0.29) is 0 Å². The molecule has 9 heavy (non-hydrogen) atoms. The van der Waals surface area contributed by atoms with E-state index in [1.807, 2.05) is 6.92 Å². The summed E-state index contributed by atoms with van der Waals surface area (Å²) in [6.45, 7) is 6.31. The number of halogens is 1. The van der Waals surface area contributed by atoms with E-state index in [9.17, 15) is 4.39 Å². The van der Waals surface area contributed by atoms with Crippen LogP contribution in [0.5, 0.6) is 0 Å². The van der Waals surface area contributed by atoms with Crippen LogP contribution in [0.4, 0.5) is 4.39 Å². The molecule has 0 nitrogen and oxygen atoms in total. The van der Waals surface area contributed by atoms with Crippen LogP contribution < -0.4 is 0 Å². The van der Waals surface area contributed by atoms with Crippen molar-refractivity contribution in [3.63, 3.8) is 0 Å². The van der Waals surface area contributed by atoms with E-state index in [4.69, 9.17) is 0 Å². The van der Waals surface area contributed by atoms with Crippen LogP contribution in [-0.2, 0) is 0 Å². The minimum Gasteiger partial charge on any atom is -0.216 e. The highest BCUT2D eigenvalue weighted by Gasteiger charge is 1.99. The summed E-state index contributed by atoms with van der Waals surface area (Å²) in [5.74, 6) is 1.05. The molecule has 54 valence electrons. The molecule has 0 bridgehead atoms. The first kappa shape index (κ1) is 8.67. The van der Waals surface area contributed by atoms with E-state index in [0.29, 0.717) is 18.2 Å². The first-order valence-corrected chi connectivity index (χ1v) is 3.43. The van der Waals surface area contributed by atoms with Gasteiger partial charge >= 0.3 is 0 Å². The molecule has 0 aromatic heterocycles. The molecule has 0 saturated carbocycles. The van der Waals surface area contributed by atoms with Crippen LogP contribution in [0, 0.1) is 11.8 Å². The second-order valence-electron chi connectivity index (χ2n) is 2.93. The van der Waals surface area contributed by atoms with Gasteiger partial charge in [0.1, 0.15) is 0 Å². The van der Waals surface area contributed by atoms with Crippen LogP contribution in [-0.4, -0.2) is 0 Å². The zero-order chi connectivity index (χ0) is 7.28. The summed E-state index contributed by atoms with van der Waals surface area (Å²) in [4.78, 5) is 0. The predicted octanol–water partition coefficient (Wildman–Crippen LogP) is 3.15. The van der Waals surface area contributed by atoms with E-state index in [1.54, 1.807) is 6.08 Å². The molecular formula is C8H15F. The van der Waals surface area contributed by atoms with E-state index in [0.717, 1.165) is 6.42 Å². The van der Waals surface area contributed by atoms with Crippen molar-refractivity contribution in [3.05, 3.63) is 12.4 Å². The van der Waals surface area contributed by atoms with Gasteiger partial charge in [0, 0.05) is 0 Å². The number of hydrogen-bond acceptors (Lipinski definition) is 0. The number of hydrogen-bond donors (Lipinski definition) is 0. The fourth-order valence-corrected chi connectivity index (χ4v) is 0.946. The molecule has 0 heterocycles. The second kappa shape index (κ2) is 4.54. The lowest BCUT2D eigenvalue weighted by Crippen LogP contribution is -1.95. The van der Waals surface area contributed by atoms with E-state index < -0.39 is 0 Å². The highest BCUT2D eigenvalue weighted by atomic mass is 19.1. The monoisotopic (exact) mass is 130 g/mol. The van der Waals surface area contributed by atoms with Crippen molar-refractivity contribution >= 4 is 0 Å². The minimum atomic E-state index is 0.384. The second-order valence-corrected chi connectivity index (χ2v) is 2.93. The van der Waals surface area contributed by atoms with Gasteiger partial charge in [-0.25, -0.2) is 4.39 Å². The summed E-state index contributed by atoms with van der Waals surface area (Å²) in [7, 11) is 0. The fourth-order valence-electron chi connectivity index (χ4n) is 0.946. The van der Waals surface area contributed by atoms with Crippen molar-refractivity contribution in [2.45, 2.75) is 27.2 Å². The molecule has 1 atom stereocenters. The zero-order valence-electron chi connectivity index (χ0n) is 6.39. The van der Waals surface area contributed by atoms with E-state index in [1.165, 1.54) is 0 Å². The SMILES string of the molecule is CC(C)C[C@@H](C)/C=C/F. The maximum atomic E-state index is 11.5. The Morgan fingerprint density at radius 3 is 2.22 bits per heavy atom. The summed E-state index contributed by atoms with van der Waals surface area (Å²) in [5, 5.41) is 0. The van der Waals surface area contributed by atoms with Gasteiger partial charge in [0.05, 0.1) is 6.33 Å². The molecule has 0 aromatic carbocycles. The van der Waals surface area contributed by atoms with Crippen molar-refractivity contribution < 1.29 is 4.39 Å². The lowest BCUT2D eigenvalue weighted by Gasteiger charge is -2.07. The molecule has 0 aliphatic rings. The third-order valence-corrected chi connectivity index (χ3v) is 1.24. The Balaban J connectivity index is 3.38. The van der Waals surface area contributed by atoms with Crippen molar-refractivity contribution in [1.82, 2.24) is 0 Å². The minimum absolute atomic E-state index is 0.384. The highest BCUT2D eigenvalue weighted by Crippen LogP contribution is 2.11. The Hall–Kier alpha value is -0.330. The van der Waals surface area contributed by atoms with Gasteiger partial charge in [0.15, 0.2) is 0 Å². The van der Waals surface area contributed by atoms with Crippen molar-refractivity contribution in [1.29, 1.82) is 0 Å². The van der Waals surface area contributed by atoms with Crippen LogP contribution in [0.15, 0.2) is 12.4 Å². The lowest BCUT2D eigenvalue weighted by molar-refractivity contribution is 0.498. The topological polar surface area (TPSA) is 0 Å². The largest absolute Gasteiger partial charge is 0.216 e. The summed E-state index contributed by atoms with van der Waals surface area (Å²) >= 11 is 0. The molecule has 0 fully saturated rings. The predicted molar refractivity (Wildman–Crippen MR) is 38.9 cm³/mol. The molecule has 0 unspecified atom stereocenters. The van der Waals surface area contributed by atoms with Crippen LogP contribution in [0.25, 0.3) is 0 Å². The maximum absolute atomic E-state index is 11.5. The molecule has 0 spiro atoms. The van der Waals surface area contributed by atoms with Gasteiger partial charge in [-0.1, -0.05) is 26.8 Å². The Morgan fingerprint density at radius 1 is 1.33 bits per heavy atom. The standard InChI is InChI=1S/C8H15F/c1-7(2)6-8(3)4-5-9/h4-5,7-8H,6H2,1-3H3/b5-4+/t8-/m0/s1. The van der Waals surface area contributed by atoms with Crippen molar-refractivity contribution in [2.75, 3.05) is 0 Å². The smallest absolute Gasteiger partial charge is 0.0829 e. The van der Waals surface area contributed by atoms with Crippen LogP contribution in [0.2, 0.25) is 0 Å². The molecule has 1 heteroatoms. The normalized spacial score (nSPS) is 15.2. The van der Waals surface area contributed by atoms with Crippen LogP contribution >= 0.6 is 0 Å². The van der Waals surface area contributed by atoms with E-state index in [2.05, 4.69) is 13.8 Å². The van der Waals surface area contributed by atoms with Crippen molar-refractivity contribution in [3.8, 4) is 0 Å². The molecule has 0 aromatic rings. The molecular weight excluding hydrogens is 115 g/mol. The number of allylic oxidation sites excluding steroid dienone is 1. The molecule has 0 radical (unpaired) electrons. The van der Waals surface area contributed by atoms with Gasteiger partial charge in [-0.3, -0.25) is 0 Å². The first-order chi connectivity index (χ1) is 4.16. The Labute approximate surface area is 56.8 Å². The Morgan fingerprint density at radius 2 is 1.89 bits per heavy atom. The van der Waals surface area contributed by atoms with Gasteiger partial charge in [0.25, 0.3) is 0 Å². The first-order valence-electron chi connectivity index (χ1n) is 3.43. The average Bonchev–Trinajstić information content (AvgIpc) is 1.63. The Kier molecular flexibility index (Phi) is 4.37. The molecule has 0 aliphatic carbocycles. The van der Waals surface area contributed by atoms with Gasteiger partial charge in [-0.2, -0.15) is 0 Å². The highest BCUT2D eigenvalue weighted by molar-refractivity contribution is 4.79.